The largest absolute Gasteiger partial charge is 0.371 e. The first-order valence-electron chi connectivity index (χ1n) is 8.38. The highest BCUT2D eigenvalue weighted by Gasteiger charge is 2.24. The van der Waals surface area contributed by atoms with Crippen molar-refractivity contribution in [2.24, 2.45) is 5.92 Å². The summed E-state index contributed by atoms with van der Waals surface area (Å²) in [5.41, 5.74) is 1.19. The first-order chi connectivity index (χ1) is 10.8. The van der Waals surface area contributed by atoms with E-state index in [2.05, 4.69) is 15.5 Å². The third-order valence-electron chi connectivity index (χ3n) is 4.85. The van der Waals surface area contributed by atoms with Gasteiger partial charge in [0.05, 0.1) is 6.61 Å². The van der Waals surface area contributed by atoms with Gasteiger partial charge in [-0.2, -0.15) is 5.10 Å². The van der Waals surface area contributed by atoms with Crippen LogP contribution in [0.2, 0.25) is 0 Å². The fourth-order valence-corrected chi connectivity index (χ4v) is 3.39. The number of piperidine rings is 2. The standard InChI is InChI=1S/C16H26N4O2/c21-16(12-22-11-13-1-6-17-7-2-13)20-9-4-14(5-10-20)15-3-8-18-19-15/h3,8,13-14,17H,1-2,4-7,9-12H2,(H,18,19). The molecule has 0 aliphatic carbocycles. The van der Waals surface area contributed by atoms with E-state index in [0.29, 0.717) is 11.8 Å². The lowest BCUT2D eigenvalue weighted by Crippen LogP contribution is -2.40. The molecule has 122 valence electrons. The highest BCUT2D eigenvalue weighted by atomic mass is 16.5. The quantitative estimate of drug-likeness (QED) is 0.855. The zero-order chi connectivity index (χ0) is 15.2. The fourth-order valence-electron chi connectivity index (χ4n) is 3.39. The minimum atomic E-state index is 0.136. The minimum absolute atomic E-state index is 0.136. The van der Waals surface area contributed by atoms with E-state index in [1.54, 1.807) is 6.20 Å². The molecule has 1 amide bonds. The van der Waals surface area contributed by atoms with Gasteiger partial charge in [0, 0.05) is 30.9 Å². The lowest BCUT2D eigenvalue weighted by molar-refractivity contribution is -0.137. The number of H-pyrrole nitrogens is 1. The van der Waals surface area contributed by atoms with Crippen LogP contribution in [0.3, 0.4) is 0 Å². The van der Waals surface area contributed by atoms with Crippen molar-refractivity contribution in [2.75, 3.05) is 39.4 Å². The summed E-state index contributed by atoms with van der Waals surface area (Å²) in [6.07, 6.45) is 6.11. The molecule has 2 aliphatic heterocycles. The van der Waals surface area contributed by atoms with Crippen LogP contribution in [0.25, 0.3) is 0 Å². The van der Waals surface area contributed by atoms with Gasteiger partial charge in [0.2, 0.25) is 5.91 Å². The Kier molecular flexibility index (Phi) is 5.45. The van der Waals surface area contributed by atoms with Crippen molar-refractivity contribution in [1.29, 1.82) is 0 Å². The third kappa shape index (κ3) is 4.08. The number of carbonyl (C=O) groups is 1. The second-order valence-electron chi connectivity index (χ2n) is 6.38. The molecule has 0 aromatic carbocycles. The number of aromatic nitrogens is 2. The molecule has 0 unspecified atom stereocenters. The molecule has 22 heavy (non-hydrogen) atoms. The van der Waals surface area contributed by atoms with E-state index in [0.717, 1.165) is 58.5 Å². The molecular formula is C16H26N4O2. The van der Waals surface area contributed by atoms with Crippen LogP contribution >= 0.6 is 0 Å². The number of hydrogen-bond acceptors (Lipinski definition) is 4. The average Bonchev–Trinajstić information content (AvgIpc) is 3.10. The van der Waals surface area contributed by atoms with Crippen molar-refractivity contribution in [2.45, 2.75) is 31.6 Å². The number of nitrogens with one attached hydrogen (secondary N) is 2. The summed E-state index contributed by atoms with van der Waals surface area (Å²) >= 11 is 0. The summed E-state index contributed by atoms with van der Waals surface area (Å²) in [7, 11) is 0. The summed E-state index contributed by atoms with van der Waals surface area (Å²) in [6, 6.07) is 2.03. The van der Waals surface area contributed by atoms with Crippen molar-refractivity contribution < 1.29 is 9.53 Å². The van der Waals surface area contributed by atoms with E-state index >= 15 is 0 Å². The maximum Gasteiger partial charge on any atom is 0.248 e. The molecule has 1 aromatic heterocycles. The highest BCUT2D eigenvalue weighted by molar-refractivity contribution is 5.77. The van der Waals surface area contributed by atoms with Gasteiger partial charge in [-0.3, -0.25) is 9.89 Å². The molecule has 6 heteroatoms. The number of ether oxygens (including phenoxy) is 1. The van der Waals surface area contributed by atoms with E-state index < -0.39 is 0 Å². The molecule has 2 N–H and O–H groups in total. The maximum atomic E-state index is 12.2. The number of likely N-dealkylation sites (tertiary alicyclic amines) is 1. The number of amides is 1. The van der Waals surface area contributed by atoms with Gasteiger partial charge in [-0.1, -0.05) is 0 Å². The Morgan fingerprint density at radius 1 is 1.27 bits per heavy atom. The Bertz CT molecular complexity index is 449. The summed E-state index contributed by atoms with van der Waals surface area (Å²) in [6.45, 7) is 4.74. The zero-order valence-electron chi connectivity index (χ0n) is 13.1. The van der Waals surface area contributed by atoms with Gasteiger partial charge in [0.15, 0.2) is 0 Å². The van der Waals surface area contributed by atoms with Crippen molar-refractivity contribution >= 4 is 5.91 Å². The molecule has 1 aromatic rings. The highest BCUT2D eigenvalue weighted by Crippen LogP contribution is 2.26. The lowest BCUT2D eigenvalue weighted by atomic mass is 9.94. The Morgan fingerprint density at radius 3 is 2.73 bits per heavy atom. The van der Waals surface area contributed by atoms with Gasteiger partial charge in [0.25, 0.3) is 0 Å². The maximum absolute atomic E-state index is 12.2. The number of rotatable bonds is 5. The van der Waals surface area contributed by atoms with Gasteiger partial charge >= 0.3 is 0 Å². The molecule has 0 atom stereocenters. The SMILES string of the molecule is O=C(COCC1CCNCC1)N1CCC(c2ccn[nH]2)CC1. The predicted octanol–water partition coefficient (Wildman–Crippen LogP) is 1.13. The number of hydrogen-bond donors (Lipinski definition) is 2. The summed E-state index contributed by atoms with van der Waals surface area (Å²) in [5, 5.41) is 10.4. The Hall–Kier alpha value is -1.40. The molecule has 0 bridgehead atoms. The fraction of sp³-hybridized carbons (Fsp3) is 0.750. The molecule has 3 heterocycles. The Balaban J connectivity index is 1.35. The summed E-state index contributed by atoms with van der Waals surface area (Å²) in [4.78, 5) is 14.1. The normalized spacial score (nSPS) is 21.2. The molecule has 2 saturated heterocycles. The number of aromatic amines is 1. The van der Waals surface area contributed by atoms with Crippen molar-refractivity contribution in [3.05, 3.63) is 18.0 Å². The van der Waals surface area contributed by atoms with Crippen molar-refractivity contribution in [1.82, 2.24) is 20.4 Å². The number of nitrogens with zero attached hydrogens (tertiary/aromatic N) is 2. The average molecular weight is 306 g/mol. The minimum Gasteiger partial charge on any atom is -0.371 e. The van der Waals surface area contributed by atoms with Gasteiger partial charge in [-0.15, -0.1) is 0 Å². The van der Waals surface area contributed by atoms with Crippen LogP contribution in [-0.4, -0.2) is 60.4 Å². The Labute approximate surface area is 131 Å². The van der Waals surface area contributed by atoms with E-state index in [9.17, 15) is 4.79 Å². The smallest absolute Gasteiger partial charge is 0.248 e. The predicted molar refractivity (Wildman–Crippen MR) is 83.6 cm³/mol. The first kappa shape index (κ1) is 15.5. The van der Waals surface area contributed by atoms with Gasteiger partial charge < -0.3 is 15.0 Å². The second-order valence-corrected chi connectivity index (χ2v) is 6.38. The third-order valence-corrected chi connectivity index (χ3v) is 4.85. The molecular weight excluding hydrogens is 280 g/mol. The zero-order valence-corrected chi connectivity index (χ0v) is 13.1. The molecule has 2 fully saturated rings. The summed E-state index contributed by atoms with van der Waals surface area (Å²) in [5.74, 6) is 1.25. The molecule has 0 radical (unpaired) electrons. The molecule has 0 spiro atoms. The van der Waals surface area contributed by atoms with Crippen LogP contribution in [0.5, 0.6) is 0 Å². The van der Waals surface area contributed by atoms with Crippen LogP contribution in [-0.2, 0) is 9.53 Å². The lowest BCUT2D eigenvalue weighted by Gasteiger charge is -2.31. The Morgan fingerprint density at radius 2 is 2.05 bits per heavy atom. The van der Waals surface area contributed by atoms with E-state index in [1.165, 1.54) is 5.69 Å². The van der Waals surface area contributed by atoms with Crippen LogP contribution < -0.4 is 5.32 Å². The second kappa shape index (κ2) is 7.74. The van der Waals surface area contributed by atoms with E-state index in [1.807, 2.05) is 11.0 Å². The van der Waals surface area contributed by atoms with E-state index in [4.69, 9.17) is 4.74 Å². The van der Waals surface area contributed by atoms with Gasteiger partial charge in [-0.25, -0.2) is 0 Å². The molecule has 6 nitrogen and oxygen atoms in total. The van der Waals surface area contributed by atoms with Gasteiger partial charge in [-0.05, 0) is 50.8 Å². The molecule has 3 rings (SSSR count). The van der Waals surface area contributed by atoms with Gasteiger partial charge in [0.1, 0.15) is 6.61 Å². The monoisotopic (exact) mass is 306 g/mol. The van der Waals surface area contributed by atoms with Crippen molar-refractivity contribution in [3.63, 3.8) is 0 Å². The van der Waals surface area contributed by atoms with Crippen LogP contribution in [0, 0.1) is 5.92 Å². The topological polar surface area (TPSA) is 70.2 Å². The van der Waals surface area contributed by atoms with Crippen LogP contribution in [0.1, 0.15) is 37.3 Å². The van der Waals surface area contributed by atoms with Crippen LogP contribution in [0.15, 0.2) is 12.3 Å². The summed E-state index contributed by atoms with van der Waals surface area (Å²) < 4.78 is 5.65. The first-order valence-corrected chi connectivity index (χ1v) is 8.38. The van der Waals surface area contributed by atoms with Crippen LogP contribution in [0.4, 0.5) is 0 Å². The molecule has 0 saturated carbocycles. The number of carbonyl (C=O) groups excluding carboxylic acids is 1. The van der Waals surface area contributed by atoms with E-state index in [-0.39, 0.29) is 12.5 Å². The van der Waals surface area contributed by atoms with Crippen molar-refractivity contribution in [3.8, 4) is 0 Å². The molecule has 2 aliphatic rings.